The zero-order chi connectivity index (χ0) is 21.9. The molecule has 2 saturated heterocycles. The van der Waals surface area contributed by atoms with Gasteiger partial charge in [0.15, 0.2) is 6.10 Å². The Kier molecular flexibility index (Phi) is 6.77. The lowest BCUT2D eigenvalue weighted by Crippen LogP contribution is -2.54. The normalized spacial score (nSPS) is 20.9. The highest BCUT2D eigenvalue weighted by molar-refractivity contribution is 6.00. The molecule has 3 rings (SSSR count). The van der Waals surface area contributed by atoms with Crippen LogP contribution in [0.25, 0.3) is 0 Å². The molecule has 1 N–H and O–H groups in total. The lowest BCUT2D eigenvalue weighted by molar-refractivity contribution is -0.172. The van der Waals surface area contributed by atoms with Crippen LogP contribution in [-0.2, 0) is 19.1 Å². The summed E-state index contributed by atoms with van der Waals surface area (Å²) in [6, 6.07) is 6.88. The molecule has 1 aromatic carbocycles. The van der Waals surface area contributed by atoms with Gasteiger partial charge in [0, 0.05) is 30.9 Å². The molecule has 0 aromatic heterocycles. The van der Waals surface area contributed by atoms with Gasteiger partial charge in [-0.05, 0) is 57.9 Å². The summed E-state index contributed by atoms with van der Waals surface area (Å²) in [6.45, 7) is 6.71. The van der Waals surface area contributed by atoms with E-state index in [-0.39, 0.29) is 12.5 Å². The molecule has 2 atom stereocenters. The number of aliphatic hydroxyl groups excluding tert-OH is 1. The van der Waals surface area contributed by atoms with E-state index in [4.69, 9.17) is 9.47 Å². The molecular weight excluding hydrogens is 388 g/mol. The van der Waals surface area contributed by atoms with Gasteiger partial charge < -0.3 is 24.4 Å². The van der Waals surface area contributed by atoms with Crippen molar-refractivity contribution in [2.24, 2.45) is 5.92 Å². The highest BCUT2D eigenvalue weighted by Gasteiger charge is 2.41. The summed E-state index contributed by atoms with van der Waals surface area (Å²) in [5.41, 5.74) is 0.464. The van der Waals surface area contributed by atoms with Gasteiger partial charge in [0.2, 0.25) is 0 Å². The number of benzene rings is 1. The number of carbonyl (C=O) groups excluding carboxylic acids is 3. The van der Waals surface area contributed by atoms with Crippen molar-refractivity contribution >= 4 is 23.5 Å². The third-order valence-corrected chi connectivity index (χ3v) is 5.21. The van der Waals surface area contributed by atoms with Crippen molar-refractivity contribution in [2.45, 2.75) is 45.3 Å². The van der Waals surface area contributed by atoms with E-state index in [9.17, 15) is 19.5 Å². The smallest absolute Gasteiger partial charge is 0.315 e. The van der Waals surface area contributed by atoms with E-state index >= 15 is 0 Å². The summed E-state index contributed by atoms with van der Waals surface area (Å²) in [7, 11) is 0. The average molecular weight is 418 g/mol. The van der Waals surface area contributed by atoms with Crippen LogP contribution in [0.3, 0.4) is 0 Å². The Morgan fingerprint density at radius 3 is 2.37 bits per heavy atom. The number of hydrogen-bond donors (Lipinski definition) is 1. The molecule has 0 spiro atoms. The minimum atomic E-state index is -1.12. The van der Waals surface area contributed by atoms with Crippen LogP contribution >= 0.6 is 0 Å². The molecule has 2 aliphatic rings. The molecule has 2 unspecified atom stereocenters. The number of rotatable bonds is 5. The van der Waals surface area contributed by atoms with Crippen LogP contribution in [0.5, 0.6) is 0 Å². The van der Waals surface area contributed by atoms with Gasteiger partial charge in [-0.2, -0.15) is 0 Å². The van der Waals surface area contributed by atoms with E-state index in [0.717, 1.165) is 25.9 Å². The number of esters is 1. The number of anilines is 1. The van der Waals surface area contributed by atoms with Gasteiger partial charge in [0.25, 0.3) is 11.8 Å². The predicted octanol–water partition coefficient (Wildman–Crippen LogP) is 1.60. The van der Waals surface area contributed by atoms with E-state index in [1.54, 1.807) is 45.0 Å². The Morgan fingerprint density at radius 2 is 1.80 bits per heavy atom. The van der Waals surface area contributed by atoms with Gasteiger partial charge in [-0.3, -0.25) is 14.4 Å². The zero-order valence-corrected chi connectivity index (χ0v) is 17.8. The maximum absolute atomic E-state index is 13.0. The molecule has 164 valence electrons. The first-order chi connectivity index (χ1) is 14.2. The molecule has 2 fully saturated rings. The van der Waals surface area contributed by atoms with Crippen molar-refractivity contribution in [1.82, 2.24) is 4.90 Å². The first-order valence-electron chi connectivity index (χ1n) is 10.4. The highest BCUT2D eigenvalue weighted by Crippen LogP contribution is 2.25. The summed E-state index contributed by atoms with van der Waals surface area (Å²) in [4.78, 5) is 41.3. The number of carbonyl (C=O) groups is 3. The number of hydrogen-bond acceptors (Lipinski definition) is 6. The molecule has 0 aliphatic carbocycles. The summed E-state index contributed by atoms with van der Waals surface area (Å²) in [5, 5.41) is 9.73. The van der Waals surface area contributed by atoms with Crippen molar-refractivity contribution in [3.8, 4) is 0 Å². The molecule has 8 nitrogen and oxygen atoms in total. The summed E-state index contributed by atoms with van der Waals surface area (Å²) < 4.78 is 10.9. The van der Waals surface area contributed by atoms with Gasteiger partial charge in [-0.1, -0.05) is 0 Å². The molecule has 2 amide bonds. The fraction of sp³-hybridized carbons (Fsp3) is 0.591. The SMILES string of the molecule is CC(C)(C)OC(=O)C(CO)C1OCCN(c2ccc(C(=O)N3CCCC3)cc2)C1=O. The lowest BCUT2D eigenvalue weighted by Gasteiger charge is -2.35. The number of ether oxygens (including phenoxy) is 2. The molecule has 0 bridgehead atoms. The van der Waals surface area contributed by atoms with Crippen LogP contribution in [0.1, 0.15) is 44.0 Å². The molecule has 2 aliphatic heterocycles. The largest absolute Gasteiger partial charge is 0.460 e. The number of amides is 2. The summed E-state index contributed by atoms with van der Waals surface area (Å²) in [6.07, 6.45) is 0.929. The first-order valence-corrected chi connectivity index (χ1v) is 10.4. The van der Waals surface area contributed by atoms with Crippen LogP contribution in [0.2, 0.25) is 0 Å². The molecule has 8 heteroatoms. The number of morpholine rings is 1. The fourth-order valence-corrected chi connectivity index (χ4v) is 3.71. The minimum Gasteiger partial charge on any atom is -0.460 e. The Balaban J connectivity index is 1.72. The third kappa shape index (κ3) is 4.99. The topological polar surface area (TPSA) is 96.4 Å². The maximum Gasteiger partial charge on any atom is 0.315 e. The van der Waals surface area contributed by atoms with Crippen molar-refractivity contribution in [2.75, 3.05) is 37.7 Å². The average Bonchev–Trinajstić information content (AvgIpc) is 3.23. The van der Waals surface area contributed by atoms with E-state index in [0.29, 0.717) is 17.8 Å². The van der Waals surface area contributed by atoms with Crippen molar-refractivity contribution in [3.05, 3.63) is 29.8 Å². The lowest BCUT2D eigenvalue weighted by atomic mass is 10.00. The Morgan fingerprint density at radius 1 is 1.17 bits per heavy atom. The van der Waals surface area contributed by atoms with Crippen LogP contribution < -0.4 is 4.90 Å². The Hall–Kier alpha value is -2.45. The number of aliphatic hydroxyl groups is 1. The van der Waals surface area contributed by atoms with Gasteiger partial charge >= 0.3 is 5.97 Å². The van der Waals surface area contributed by atoms with Crippen LogP contribution in [-0.4, -0.2) is 72.3 Å². The second-order valence-electron chi connectivity index (χ2n) is 8.65. The van der Waals surface area contributed by atoms with Gasteiger partial charge in [-0.15, -0.1) is 0 Å². The van der Waals surface area contributed by atoms with Crippen LogP contribution in [0.15, 0.2) is 24.3 Å². The van der Waals surface area contributed by atoms with E-state index in [1.165, 1.54) is 4.90 Å². The zero-order valence-electron chi connectivity index (χ0n) is 17.8. The van der Waals surface area contributed by atoms with Crippen molar-refractivity contribution < 1.29 is 29.0 Å². The van der Waals surface area contributed by atoms with Crippen molar-refractivity contribution in [3.63, 3.8) is 0 Å². The summed E-state index contributed by atoms with van der Waals surface area (Å²) >= 11 is 0. The molecule has 1 aromatic rings. The quantitative estimate of drug-likeness (QED) is 0.730. The van der Waals surface area contributed by atoms with Crippen LogP contribution in [0, 0.1) is 5.92 Å². The third-order valence-electron chi connectivity index (χ3n) is 5.21. The number of likely N-dealkylation sites (tertiary alicyclic amines) is 1. The second kappa shape index (κ2) is 9.14. The Bertz CT molecular complexity index is 780. The fourth-order valence-electron chi connectivity index (χ4n) is 3.71. The number of nitrogens with zero attached hydrogens (tertiary/aromatic N) is 2. The van der Waals surface area contributed by atoms with Gasteiger partial charge in [-0.25, -0.2) is 0 Å². The first kappa shape index (κ1) is 22.2. The van der Waals surface area contributed by atoms with E-state index < -0.39 is 36.1 Å². The molecule has 0 radical (unpaired) electrons. The molecule has 30 heavy (non-hydrogen) atoms. The van der Waals surface area contributed by atoms with Gasteiger partial charge in [0.05, 0.1) is 13.2 Å². The van der Waals surface area contributed by atoms with E-state index in [1.807, 2.05) is 4.90 Å². The molecule has 0 saturated carbocycles. The monoisotopic (exact) mass is 418 g/mol. The van der Waals surface area contributed by atoms with Gasteiger partial charge in [0.1, 0.15) is 11.5 Å². The standard InChI is InChI=1S/C22H30N2O6/c1-22(2,3)30-21(28)17(14-25)18-20(27)24(12-13-29-18)16-8-6-15(7-9-16)19(26)23-10-4-5-11-23/h6-9,17-18,25H,4-5,10-14H2,1-3H3. The second-order valence-corrected chi connectivity index (χ2v) is 8.65. The minimum absolute atomic E-state index is 0.00417. The highest BCUT2D eigenvalue weighted by atomic mass is 16.6. The van der Waals surface area contributed by atoms with E-state index in [2.05, 4.69) is 0 Å². The Labute approximate surface area is 176 Å². The molecule has 2 heterocycles. The van der Waals surface area contributed by atoms with Crippen molar-refractivity contribution in [1.29, 1.82) is 0 Å². The maximum atomic E-state index is 13.0. The summed E-state index contributed by atoms with van der Waals surface area (Å²) in [5.74, 6) is -2.19. The molecular formula is C22H30N2O6. The predicted molar refractivity (Wildman–Crippen MR) is 110 cm³/mol. The van der Waals surface area contributed by atoms with Crippen LogP contribution in [0.4, 0.5) is 5.69 Å².